The van der Waals surface area contributed by atoms with Crippen LogP contribution in [0.4, 0.5) is 0 Å². The fourth-order valence-electron chi connectivity index (χ4n) is 2.66. The summed E-state index contributed by atoms with van der Waals surface area (Å²) in [5.41, 5.74) is -0.0607. The van der Waals surface area contributed by atoms with Crippen LogP contribution in [0.3, 0.4) is 0 Å². The van der Waals surface area contributed by atoms with Gasteiger partial charge in [-0.25, -0.2) is 0 Å². The summed E-state index contributed by atoms with van der Waals surface area (Å²) < 4.78 is 15.9. The van der Waals surface area contributed by atoms with E-state index in [1.54, 1.807) is 0 Å². The first-order chi connectivity index (χ1) is 11.9. The predicted octanol–water partition coefficient (Wildman–Crippen LogP) is -0.334. The van der Waals surface area contributed by atoms with E-state index < -0.39 is 43.1 Å². The number of hydrogen-bond acceptors (Lipinski definition) is 9. The van der Waals surface area contributed by atoms with E-state index >= 15 is 0 Å². The Morgan fingerprint density at radius 3 is 2.44 bits per heavy atom. The highest BCUT2D eigenvalue weighted by Gasteiger charge is 2.45. The molecule has 9 nitrogen and oxygen atoms in total. The highest BCUT2D eigenvalue weighted by atomic mass is 16.7. The van der Waals surface area contributed by atoms with Crippen molar-refractivity contribution in [1.82, 2.24) is 0 Å². The molecule has 25 heavy (non-hydrogen) atoms. The maximum absolute atomic E-state index is 10.3. The van der Waals surface area contributed by atoms with Crippen molar-refractivity contribution in [3.05, 3.63) is 24.5 Å². The van der Waals surface area contributed by atoms with Gasteiger partial charge in [-0.2, -0.15) is 0 Å². The van der Waals surface area contributed by atoms with Crippen LogP contribution < -0.4 is 4.74 Å². The topological polar surface area (TPSA) is 153 Å². The van der Waals surface area contributed by atoms with E-state index in [1.165, 1.54) is 18.2 Å². The van der Waals surface area contributed by atoms with Crippen LogP contribution in [-0.4, -0.2) is 68.0 Å². The smallest absolute Gasteiger partial charge is 0.229 e. The van der Waals surface area contributed by atoms with Crippen LogP contribution in [0.25, 0.3) is 17.0 Å². The van der Waals surface area contributed by atoms with E-state index in [0.717, 1.165) is 0 Å². The van der Waals surface area contributed by atoms with Gasteiger partial charge >= 0.3 is 0 Å². The van der Waals surface area contributed by atoms with Gasteiger partial charge in [-0.05, 0) is 18.2 Å². The second-order valence-corrected chi connectivity index (χ2v) is 5.62. The molecule has 5 unspecified atom stereocenters. The third kappa shape index (κ3) is 2.81. The molecule has 6 N–H and O–H groups in total. The molecule has 0 saturated carbocycles. The Kier molecular flexibility index (Phi) is 4.58. The third-order valence-corrected chi connectivity index (χ3v) is 4.07. The number of aliphatic hydroxyl groups is 4. The fourth-order valence-corrected chi connectivity index (χ4v) is 2.66. The van der Waals surface area contributed by atoms with Crippen LogP contribution in [0.1, 0.15) is 5.76 Å². The number of hydrogen-bond donors (Lipinski definition) is 6. The summed E-state index contributed by atoms with van der Waals surface area (Å²) in [6, 6.07) is 2.72. The summed E-state index contributed by atoms with van der Waals surface area (Å²) >= 11 is 0. The standard InChI is InChI=1S/C16H18O9/c1-2-7-10(18)6-3-4-8(12(20)15(6)23-7)24-16-14(22)13(21)11(19)9(5-17)25-16/h2-4,9,11,13-14,16-22H,1,5H2. The Morgan fingerprint density at radius 2 is 1.80 bits per heavy atom. The molecule has 0 aliphatic carbocycles. The first kappa shape index (κ1) is 17.5. The zero-order valence-electron chi connectivity index (χ0n) is 12.9. The molecule has 9 heteroatoms. The highest BCUT2D eigenvalue weighted by molar-refractivity contribution is 5.93. The monoisotopic (exact) mass is 354 g/mol. The lowest BCUT2D eigenvalue weighted by Crippen LogP contribution is -2.60. The van der Waals surface area contributed by atoms with Gasteiger partial charge in [0, 0.05) is 0 Å². The Bertz CT molecular complexity index is 781. The summed E-state index contributed by atoms with van der Waals surface area (Å²) in [6.07, 6.45) is -6.08. The molecule has 1 aromatic carbocycles. The van der Waals surface area contributed by atoms with E-state index in [9.17, 15) is 30.6 Å². The number of phenolic OH excluding ortho intramolecular Hbond substituents is 1. The zero-order chi connectivity index (χ0) is 18.3. The Labute approximate surface area is 141 Å². The average Bonchev–Trinajstić information content (AvgIpc) is 2.94. The lowest BCUT2D eigenvalue weighted by Gasteiger charge is -2.39. The van der Waals surface area contributed by atoms with Gasteiger partial charge in [0.2, 0.25) is 12.0 Å². The second-order valence-electron chi connectivity index (χ2n) is 5.62. The highest BCUT2D eigenvalue weighted by Crippen LogP contribution is 2.42. The number of fused-ring (bicyclic) bond motifs is 1. The van der Waals surface area contributed by atoms with Crippen molar-refractivity contribution in [2.75, 3.05) is 6.61 Å². The second kappa shape index (κ2) is 6.54. The Morgan fingerprint density at radius 1 is 1.08 bits per heavy atom. The van der Waals surface area contributed by atoms with Crippen LogP contribution >= 0.6 is 0 Å². The van der Waals surface area contributed by atoms with Gasteiger partial charge in [0.05, 0.1) is 12.0 Å². The van der Waals surface area contributed by atoms with E-state index in [-0.39, 0.29) is 28.2 Å². The molecule has 0 spiro atoms. The number of aliphatic hydroxyl groups excluding tert-OH is 4. The van der Waals surface area contributed by atoms with Crippen molar-refractivity contribution in [3.63, 3.8) is 0 Å². The molecule has 1 aliphatic rings. The molecule has 0 amide bonds. The minimum atomic E-state index is -1.62. The van der Waals surface area contributed by atoms with Gasteiger partial charge in [-0.15, -0.1) is 0 Å². The summed E-state index contributed by atoms with van der Waals surface area (Å²) in [7, 11) is 0. The normalized spacial score (nSPS) is 29.7. The lowest BCUT2D eigenvalue weighted by molar-refractivity contribution is -0.277. The first-order valence-electron chi connectivity index (χ1n) is 7.46. The molecular weight excluding hydrogens is 336 g/mol. The van der Waals surface area contributed by atoms with Crippen LogP contribution in [0.2, 0.25) is 0 Å². The minimum Gasteiger partial charge on any atom is -0.504 e. The van der Waals surface area contributed by atoms with Crippen LogP contribution in [-0.2, 0) is 4.74 Å². The summed E-state index contributed by atoms with van der Waals surface area (Å²) in [6.45, 7) is 2.87. The molecule has 5 atom stereocenters. The minimum absolute atomic E-state index is 0.0607. The third-order valence-electron chi connectivity index (χ3n) is 4.07. The van der Waals surface area contributed by atoms with E-state index in [1.807, 2.05) is 0 Å². The summed E-state index contributed by atoms with van der Waals surface area (Å²) in [4.78, 5) is 0. The molecule has 1 aromatic heterocycles. The quantitative estimate of drug-likeness (QED) is 0.433. The largest absolute Gasteiger partial charge is 0.504 e. The predicted molar refractivity (Wildman–Crippen MR) is 84.0 cm³/mol. The number of benzene rings is 1. The van der Waals surface area contributed by atoms with Crippen molar-refractivity contribution >= 4 is 17.0 Å². The van der Waals surface area contributed by atoms with Crippen molar-refractivity contribution in [2.45, 2.75) is 30.7 Å². The van der Waals surface area contributed by atoms with E-state index in [2.05, 4.69) is 6.58 Å². The van der Waals surface area contributed by atoms with Crippen molar-refractivity contribution in [3.8, 4) is 17.2 Å². The molecule has 3 rings (SSSR count). The SMILES string of the molecule is C=Cc1oc2c(O)c(OC3OC(CO)C(O)C(O)C3O)ccc2c1O. The van der Waals surface area contributed by atoms with Crippen LogP contribution in [0.15, 0.2) is 23.1 Å². The number of phenols is 1. The first-order valence-corrected chi connectivity index (χ1v) is 7.46. The van der Waals surface area contributed by atoms with Crippen molar-refractivity contribution in [1.29, 1.82) is 0 Å². The van der Waals surface area contributed by atoms with Gasteiger partial charge in [0.1, 0.15) is 24.4 Å². The Balaban J connectivity index is 1.92. The average molecular weight is 354 g/mol. The van der Waals surface area contributed by atoms with Crippen molar-refractivity contribution < 1.29 is 44.5 Å². The number of ether oxygens (including phenoxy) is 2. The molecular formula is C16H18O9. The molecule has 2 aromatic rings. The van der Waals surface area contributed by atoms with Gasteiger partial charge in [-0.1, -0.05) is 6.58 Å². The Hall–Kier alpha value is -2.30. The molecule has 2 heterocycles. The van der Waals surface area contributed by atoms with Gasteiger partial charge < -0.3 is 44.5 Å². The maximum Gasteiger partial charge on any atom is 0.229 e. The van der Waals surface area contributed by atoms with Gasteiger partial charge in [0.15, 0.2) is 22.8 Å². The number of rotatable bonds is 4. The van der Waals surface area contributed by atoms with Gasteiger partial charge in [-0.3, -0.25) is 0 Å². The molecule has 1 fully saturated rings. The van der Waals surface area contributed by atoms with Gasteiger partial charge in [0.25, 0.3) is 0 Å². The fraction of sp³-hybridized carbons (Fsp3) is 0.375. The van der Waals surface area contributed by atoms with E-state index in [4.69, 9.17) is 13.9 Å². The summed E-state index contributed by atoms with van der Waals surface area (Å²) in [5.74, 6) is -0.742. The van der Waals surface area contributed by atoms with Crippen LogP contribution in [0, 0.1) is 0 Å². The number of furan rings is 1. The lowest BCUT2D eigenvalue weighted by atomic mass is 9.99. The molecule has 0 bridgehead atoms. The molecule has 136 valence electrons. The van der Waals surface area contributed by atoms with Crippen molar-refractivity contribution in [2.24, 2.45) is 0 Å². The molecule has 1 aliphatic heterocycles. The van der Waals surface area contributed by atoms with E-state index in [0.29, 0.717) is 0 Å². The maximum atomic E-state index is 10.3. The van der Waals surface area contributed by atoms with Crippen LogP contribution in [0.5, 0.6) is 17.2 Å². The number of aromatic hydroxyl groups is 2. The molecule has 0 radical (unpaired) electrons. The molecule has 1 saturated heterocycles. The zero-order valence-corrected chi connectivity index (χ0v) is 12.9. The summed E-state index contributed by atoms with van der Waals surface area (Å²) in [5, 5.41) is 59.1.